The molecular formula is C58H44N6. The van der Waals surface area contributed by atoms with E-state index in [9.17, 15) is 0 Å². The number of aromatic nitrogens is 6. The second kappa shape index (κ2) is 14.3. The van der Waals surface area contributed by atoms with Gasteiger partial charge in [-0.2, -0.15) is 0 Å². The molecule has 2 spiro atoms. The molecule has 0 N–H and O–H groups in total. The van der Waals surface area contributed by atoms with Crippen LogP contribution < -0.4 is 0 Å². The van der Waals surface area contributed by atoms with Gasteiger partial charge in [0.1, 0.15) is 0 Å². The van der Waals surface area contributed by atoms with Crippen molar-refractivity contribution in [2.24, 2.45) is 23.2 Å². The largest absolute Gasteiger partial charge is 0.208 e. The molecule has 13 rings (SSSR count). The Hall–Kier alpha value is -7.44. The maximum Gasteiger partial charge on any atom is 0.164 e. The molecule has 9 aromatic rings. The predicted molar refractivity (Wildman–Crippen MR) is 255 cm³/mol. The summed E-state index contributed by atoms with van der Waals surface area (Å²) in [6, 6.07) is 63.9. The zero-order chi connectivity index (χ0) is 42.4. The molecule has 306 valence electrons. The molecule has 2 aromatic heterocycles. The first kappa shape index (κ1) is 37.1. The van der Waals surface area contributed by atoms with Gasteiger partial charge in [0.2, 0.25) is 0 Å². The van der Waals surface area contributed by atoms with Crippen LogP contribution in [0.2, 0.25) is 0 Å². The fourth-order valence-corrected chi connectivity index (χ4v) is 12.3. The Labute approximate surface area is 373 Å². The zero-order valence-corrected chi connectivity index (χ0v) is 35.6. The van der Waals surface area contributed by atoms with Crippen molar-refractivity contribution in [1.82, 2.24) is 29.9 Å². The molecule has 3 saturated carbocycles. The number of nitrogens with zero attached hydrogens (tertiary/aromatic N) is 6. The Kier molecular flexibility index (Phi) is 8.30. The van der Waals surface area contributed by atoms with Crippen molar-refractivity contribution < 1.29 is 0 Å². The van der Waals surface area contributed by atoms with Crippen LogP contribution in [0.25, 0.3) is 90.6 Å². The molecular weight excluding hydrogens is 781 g/mol. The minimum Gasteiger partial charge on any atom is -0.208 e. The highest BCUT2D eigenvalue weighted by atomic mass is 15.0. The smallest absolute Gasteiger partial charge is 0.164 e. The van der Waals surface area contributed by atoms with Gasteiger partial charge in [-0.3, -0.25) is 0 Å². The van der Waals surface area contributed by atoms with Crippen LogP contribution in [0.5, 0.6) is 0 Å². The van der Waals surface area contributed by atoms with E-state index in [1.54, 1.807) is 5.56 Å². The normalized spacial score (nSPS) is 22.2. The van der Waals surface area contributed by atoms with E-state index in [-0.39, 0.29) is 5.41 Å². The lowest BCUT2D eigenvalue weighted by Crippen LogP contribution is -2.35. The maximum atomic E-state index is 5.22. The summed E-state index contributed by atoms with van der Waals surface area (Å²) < 4.78 is 0. The lowest BCUT2D eigenvalue weighted by atomic mass is 9.64. The first-order valence-electron chi connectivity index (χ1n) is 22.7. The van der Waals surface area contributed by atoms with Crippen LogP contribution in [0.3, 0.4) is 0 Å². The fourth-order valence-electron chi connectivity index (χ4n) is 12.3. The Balaban J connectivity index is 1.05. The number of hydrogen-bond donors (Lipinski definition) is 0. The summed E-state index contributed by atoms with van der Waals surface area (Å²) in [6.07, 6.45) is 5.34. The van der Waals surface area contributed by atoms with Crippen LogP contribution in [0.15, 0.2) is 182 Å². The molecule has 64 heavy (non-hydrogen) atoms. The van der Waals surface area contributed by atoms with E-state index in [2.05, 4.69) is 116 Å². The molecule has 2 heterocycles. The topological polar surface area (TPSA) is 77.3 Å². The van der Waals surface area contributed by atoms with E-state index in [1.807, 2.05) is 72.8 Å². The van der Waals surface area contributed by atoms with Gasteiger partial charge in [-0.05, 0) is 106 Å². The molecule has 3 fully saturated rings. The van der Waals surface area contributed by atoms with Crippen molar-refractivity contribution in [2.75, 3.05) is 0 Å². The maximum absolute atomic E-state index is 5.22. The molecule has 0 radical (unpaired) electrons. The monoisotopic (exact) mass is 824 g/mol. The summed E-state index contributed by atoms with van der Waals surface area (Å²) in [5, 5.41) is 0. The summed E-state index contributed by atoms with van der Waals surface area (Å²) in [6.45, 7) is 2.49. The second-order valence-corrected chi connectivity index (χ2v) is 18.6. The molecule has 5 atom stereocenters. The van der Waals surface area contributed by atoms with Crippen molar-refractivity contribution in [1.29, 1.82) is 0 Å². The van der Waals surface area contributed by atoms with Crippen molar-refractivity contribution in [3.63, 3.8) is 0 Å². The Morgan fingerprint density at radius 1 is 0.359 bits per heavy atom. The number of fused-ring (bicyclic) bond motifs is 8. The lowest BCUT2D eigenvalue weighted by molar-refractivity contribution is 0.202. The van der Waals surface area contributed by atoms with E-state index in [1.165, 1.54) is 47.9 Å². The molecule has 7 aromatic carbocycles. The molecule has 0 amide bonds. The molecule has 6 heteroatoms. The summed E-state index contributed by atoms with van der Waals surface area (Å²) in [5.41, 5.74) is 14.1. The summed E-state index contributed by atoms with van der Waals surface area (Å²) in [5.74, 6) is 5.72. The van der Waals surface area contributed by atoms with Crippen molar-refractivity contribution in [2.45, 2.75) is 38.0 Å². The van der Waals surface area contributed by atoms with Gasteiger partial charge in [-0.15, -0.1) is 0 Å². The number of benzene rings is 7. The highest BCUT2D eigenvalue weighted by Gasteiger charge is 2.75. The van der Waals surface area contributed by atoms with Crippen molar-refractivity contribution in [3.8, 4) is 90.6 Å². The van der Waals surface area contributed by atoms with Crippen LogP contribution >= 0.6 is 0 Å². The first-order chi connectivity index (χ1) is 31.5. The van der Waals surface area contributed by atoms with E-state index in [0.717, 1.165) is 44.9 Å². The third-order valence-corrected chi connectivity index (χ3v) is 14.8. The fraction of sp³-hybridized carbons (Fsp3) is 0.172. The van der Waals surface area contributed by atoms with Crippen LogP contribution in [-0.4, -0.2) is 29.9 Å². The highest BCUT2D eigenvalue weighted by Crippen LogP contribution is 2.82. The minimum absolute atomic E-state index is 0.0416. The summed E-state index contributed by atoms with van der Waals surface area (Å²) >= 11 is 0. The molecule has 0 saturated heterocycles. The predicted octanol–water partition coefficient (Wildman–Crippen LogP) is 13.4. The van der Waals surface area contributed by atoms with Crippen LogP contribution in [-0.2, 0) is 5.41 Å². The Morgan fingerprint density at radius 3 is 1.28 bits per heavy atom. The van der Waals surface area contributed by atoms with Crippen LogP contribution in [0.4, 0.5) is 0 Å². The average molecular weight is 825 g/mol. The molecule has 2 bridgehead atoms. The highest BCUT2D eigenvalue weighted by molar-refractivity contribution is 5.87. The SMILES string of the molecule is CC1CC2CC3(C1)CC3C21c2ccccc2-c2ccc(-c3cc(-c4nc(-c5ccccc5)nc(-c5ccccc5)n4)cc(-c4nc(-c5ccccc5)nc(-c5ccccc5)n4)c3)cc21. The third-order valence-electron chi connectivity index (χ3n) is 14.8. The van der Waals surface area contributed by atoms with Gasteiger partial charge in [0, 0.05) is 38.8 Å². The Morgan fingerprint density at radius 2 is 0.781 bits per heavy atom. The summed E-state index contributed by atoms with van der Waals surface area (Å²) in [4.78, 5) is 31.0. The molecule has 4 aliphatic carbocycles. The standard InChI is InChI=1S/C58H44N6/c1-36-28-45-34-57(33-36)35-50(57)58(45)48-25-15-14-24-46(48)47-27-26-41(32-49(47)58)42-29-43(55-61-51(37-16-6-2-7-17-37)59-52(62-55)38-18-8-3-9-19-38)31-44(30-42)56-63-53(39-20-10-4-11-21-39)60-54(64-56)40-22-12-5-13-23-40/h2-27,29-32,36,45,50H,28,33-35H2,1H3. The van der Waals surface area contributed by atoms with Crippen LogP contribution in [0, 0.1) is 23.2 Å². The van der Waals surface area contributed by atoms with E-state index in [4.69, 9.17) is 29.9 Å². The van der Waals surface area contributed by atoms with E-state index < -0.39 is 0 Å². The Bertz CT molecular complexity index is 3000. The molecule has 5 unspecified atom stereocenters. The van der Waals surface area contributed by atoms with Crippen molar-refractivity contribution in [3.05, 3.63) is 193 Å². The number of hydrogen-bond acceptors (Lipinski definition) is 6. The van der Waals surface area contributed by atoms with Crippen molar-refractivity contribution >= 4 is 0 Å². The van der Waals surface area contributed by atoms with Gasteiger partial charge in [-0.1, -0.05) is 165 Å². The quantitative estimate of drug-likeness (QED) is 0.159. The van der Waals surface area contributed by atoms with Gasteiger partial charge in [0.25, 0.3) is 0 Å². The van der Waals surface area contributed by atoms with Crippen LogP contribution in [0.1, 0.15) is 43.7 Å². The van der Waals surface area contributed by atoms with Gasteiger partial charge < -0.3 is 0 Å². The second-order valence-electron chi connectivity index (χ2n) is 18.6. The van der Waals surface area contributed by atoms with E-state index >= 15 is 0 Å². The number of rotatable bonds is 7. The minimum atomic E-state index is 0.0416. The van der Waals surface area contributed by atoms with E-state index in [0.29, 0.717) is 52.2 Å². The van der Waals surface area contributed by atoms with Gasteiger partial charge >= 0.3 is 0 Å². The molecule has 4 aliphatic rings. The van der Waals surface area contributed by atoms with Gasteiger partial charge in [0.15, 0.2) is 34.9 Å². The summed E-state index contributed by atoms with van der Waals surface area (Å²) in [7, 11) is 0. The molecule has 0 aliphatic heterocycles. The van der Waals surface area contributed by atoms with Gasteiger partial charge in [0.05, 0.1) is 0 Å². The third kappa shape index (κ3) is 5.85. The molecule has 6 nitrogen and oxygen atoms in total. The first-order valence-corrected chi connectivity index (χ1v) is 22.7. The zero-order valence-electron chi connectivity index (χ0n) is 35.6. The van der Waals surface area contributed by atoms with Gasteiger partial charge in [-0.25, -0.2) is 29.9 Å². The average Bonchev–Trinajstić information content (AvgIpc) is 3.89. The lowest BCUT2D eigenvalue weighted by Gasteiger charge is -2.39.